The van der Waals surface area contributed by atoms with Gasteiger partial charge in [0.05, 0.1) is 17.4 Å². The molecule has 0 aromatic carbocycles. The smallest absolute Gasteiger partial charge is 0.291 e. The number of carbonyl (C=O) groups is 1. The number of amides is 1. The van der Waals surface area contributed by atoms with Crippen molar-refractivity contribution >= 4 is 17.1 Å². The number of aromatic nitrogens is 3. The zero-order valence-electron chi connectivity index (χ0n) is 20.4. The topological polar surface area (TPSA) is 107 Å². The third kappa shape index (κ3) is 4.38. The second kappa shape index (κ2) is 8.23. The van der Waals surface area contributed by atoms with Crippen molar-refractivity contribution < 1.29 is 19.4 Å². The minimum Gasteiger partial charge on any atom is -0.494 e. The summed E-state index contributed by atoms with van der Waals surface area (Å²) in [5.41, 5.74) is 0.540. The highest BCUT2D eigenvalue weighted by atomic mass is 16.5. The molecule has 0 radical (unpaired) electrons. The van der Waals surface area contributed by atoms with Gasteiger partial charge >= 0.3 is 0 Å². The minimum atomic E-state index is -0.605. The third-order valence-electron chi connectivity index (χ3n) is 6.83. The average Bonchev–Trinajstić information content (AvgIpc) is 3.43. The molecule has 9 nitrogen and oxygen atoms in total. The second-order valence-corrected chi connectivity index (χ2v) is 11.0. The van der Waals surface area contributed by atoms with Crippen LogP contribution in [0.1, 0.15) is 75.7 Å². The maximum Gasteiger partial charge on any atom is 0.291 e. The van der Waals surface area contributed by atoms with E-state index in [1.54, 1.807) is 10.8 Å². The summed E-state index contributed by atoms with van der Waals surface area (Å²) in [4.78, 5) is 26.3. The van der Waals surface area contributed by atoms with Crippen LogP contribution in [0, 0.1) is 5.92 Å². The van der Waals surface area contributed by atoms with Gasteiger partial charge in [-0.3, -0.25) is 14.2 Å². The zero-order chi connectivity index (χ0) is 24.3. The molecule has 5 rings (SSSR count). The molecule has 2 fully saturated rings. The van der Waals surface area contributed by atoms with Gasteiger partial charge in [0.2, 0.25) is 5.88 Å². The van der Waals surface area contributed by atoms with Gasteiger partial charge < -0.3 is 19.9 Å². The molecule has 4 heterocycles. The highest BCUT2D eigenvalue weighted by Gasteiger charge is 2.36. The van der Waals surface area contributed by atoms with Gasteiger partial charge in [-0.05, 0) is 70.9 Å². The predicted molar refractivity (Wildman–Crippen MR) is 127 cm³/mol. The summed E-state index contributed by atoms with van der Waals surface area (Å²) in [6.45, 7) is 9.89. The van der Waals surface area contributed by atoms with E-state index in [4.69, 9.17) is 9.47 Å². The molecule has 184 valence electrons. The monoisotopic (exact) mass is 470 g/mol. The molecule has 0 spiro atoms. The summed E-state index contributed by atoms with van der Waals surface area (Å²) in [5.74, 6) is -0.586. The summed E-state index contributed by atoms with van der Waals surface area (Å²) in [5, 5.41) is 18.6. The predicted octanol–water partition coefficient (Wildman–Crippen LogP) is 2.88. The lowest BCUT2D eigenvalue weighted by molar-refractivity contribution is -0.100. The number of nitrogens with one attached hydrogen (secondary N) is 1. The number of fused-ring (bicyclic) bond motifs is 1. The van der Waals surface area contributed by atoms with E-state index < -0.39 is 22.7 Å². The van der Waals surface area contributed by atoms with Gasteiger partial charge in [0.1, 0.15) is 5.65 Å². The van der Waals surface area contributed by atoms with Crippen molar-refractivity contribution in [3.63, 3.8) is 0 Å². The minimum absolute atomic E-state index is 0.0657. The molecule has 1 saturated heterocycles. The molecule has 2 aliphatic heterocycles. The van der Waals surface area contributed by atoms with E-state index >= 15 is 0 Å². The van der Waals surface area contributed by atoms with Crippen molar-refractivity contribution in [3.05, 3.63) is 33.8 Å². The molecule has 9 heteroatoms. The normalized spacial score (nSPS) is 22.5. The molecule has 1 saturated carbocycles. The Morgan fingerprint density at radius 1 is 1.21 bits per heavy atom. The van der Waals surface area contributed by atoms with Gasteiger partial charge in [0.25, 0.3) is 11.5 Å². The summed E-state index contributed by atoms with van der Waals surface area (Å²) in [6, 6.07) is 0.0657. The van der Waals surface area contributed by atoms with E-state index in [9.17, 15) is 14.7 Å². The van der Waals surface area contributed by atoms with Crippen molar-refractivity contribution in [2.45, 2.75) is 83.6 Å². The Balaban J connectivity index is 1.69. The van der Waals surface area contributed by atoms with Crippen LogP contribution in [0.5, 0.6) is 5.88 Å². The van der Waals surface area contributed by atoms with Crippen LogP contribution in [0.3, 0.4) is 0 Å². The van der Waals surface area contributed by atoms with Crippen LogP contribution in [0.4, 0.5) is 0 Å². The zero-order valence-corrected chi connectivity index (χ0v) is 20.4. The third-order valence-corrected chi connectivity index (χ3v) is 6.83. The van der Waals surface area contributed by atoms with Crippen LogP contribution in [0.2, 0.25) is 0 Å². The van der Waals surface area contributed by atoms with Gasteiger partial charge in [-0.1, -0.05) is 0 Å². The Hall–Kier alpha value is -2.65. The van der Waals surface area contributed by atoms with E-state index in [0.717, 1.165) is 36.8 Å². The fourth-order valence-electron chi connectivity index (χ4n) is 5.34. The van der Waals surface area contributed by atoms with Crippen molar-refractivity contribution in [1.29, 1.82) is 0 Å². The Morgan fingerprint density at radius 3 is 2.56 bits per heavy atom. The quantitative estimate of drug-likeness (QED) is 0.696. The summed E-state index contributed by atoms with van der Waals surface area (Å²) in [6.07, 6.45) is 7.83. The van der Waals surface area contributed by atoms with Gasteiger partial charge in [0, 0.05) is 37.8 Å². The number of aromatic hydroxyl groups is 1. The maximum atomic E-state index is 13.4. The average molecular weight is 471 g/mol. The van der Waals surface area contributed by atoms with Gasteiger partial charge in [-0.25, -0.2) is 0 Å². The molecule has 0 bridgehead atoms. The first kappa shape index (κ1) is 23.1. The van der Waals surface area contributed by atoms with E-state index in [0.29, 0.717) is 31.8 Å². The molecule has 2 aromatic rings. The fourth-order valence-corrected chi connectivity index (χ4v) is 5.34. The van der Waals surface area contributed by atoms with Crippen LogP contribution >= 0.6 is 0 Å². The van der Waals surface area contributed by atoms with Crippen LogP contribution in [-0.4, -0.2) is 55.7 Å². The van der Waals surface area contributed by atoms with Crippen molar-refractivity contribution in [3.8, 4) is 5.88 Å². The standard InChI is InChI=1S/C25H34N4O5/c1-24(2)11-16(12-25(3,4)34-24)18-13-26-29-21(18)28(14-15-7-9-33-10-8-15)22(31)19(23(29)32)20(30)27-17-5-6-17/h11,13,15,17,31H,5-10,12,14H2,1-4H3,(H,27,30). The molecule has 0 unspecified atom stereocenters. The lowest BCUT2D eigenvalue weighted by atomic mass is 9.86. The van der Waals surface area contributed by atoms with E-state index in [1.807, 2.05) is 27.7 Å². The van der Waals surface area contributed by atoms with Crippen molar-refractivity contribution in [2.24, 2.45) is 5.92 Å². The lowest BCUT2D eigenvalue weighted by Crippen LogP contribution is -2.39. The number of ether oxygens (including phenoxy) is 2. The summed E-state index contributed by atoms with van der Waals surface area (Å²) < 4.78 is 14.7. The molecule has 34 heavy (non-hydrogen) atoms. The Labute approximate surface area is 198 Å². The van der Waals surface area contributed by atoms with Gasteiger partial charge in [-0.2, -0.15) is 9.61 Å². The Kier molecular flexibility index (Phi) is 5.60. The molecular formula is C25H34N4O5. The van der Waals surface area contributed by atoms with E-state index in [-0.39, 0.29) is 23.4 Å². The number of nitrogens with zero attached hydrogens (tertiary/aromatic N) is 3. The SMILES string of the molecule is CC1(C)C=C(c2cnn3c(=O)c(C(=O)NC4CC4)c(O)n(CC4CCOCC4)c23)CC(C)(C)O1. The number of carbonyl (C=O) groups excluding carboxylic acids is 1. The second-order valence-electron chi connectivity index (χ2n) is 11.0. The Morgan fingerprint density at radius 2 is 1.91 bits per heavy atom. The Bertz CT molecular complexity index is 1210. The largest absolute Gasteiger partial charge is 0.494 e. The summed E-state index contributed by atoms with van der Waals surface area (Å²) in [7, 11) is 0. The van der Waals surface area contributed by atoms with Crippen LogP contribution < -0.4 is 10.9 Å². The lowest BCUT2D eigenvalue weighted by Gasteiger charge is -2.40. The fraction of sp³-hybridized carbons (Fsp3) is 0.640. The van der Waals surface area contributed by atoms with E-state index in [1.165, 1.54) is 4.52 Å². The molecule has 0 atom stereocenters. The van der Waals surface area contributed by atoms with E-state index in [2.05, 4.69) is 16.5 Å². The highest BCUT2D eigenvalue weighted by molar-refractivity contribution is 5.97. The molecule has 1 aliphatic carbocycles. The molecule has 1 amide bonds. The number of hydrogen-bond acceptors (Lipinski definition) is 6. The van der Waals surface area contributed by atoms with Gasteiger partial charge in [-0.15, -0.1) is 0 Å². The molecule has 2 N–H and O–H groups in total. The number of hydrogen-bond donors (Lipinski definition) is 2. The molecule has 2 aromatic heterocycles. The van der Waals surface area contributed by atoms with Crippen molar-refractivity contribution in [1.82, 2.24) is 19.5 Å². The maximum absolute atomic E-state index is 13.4. The van der Waals surface area contributed by atoms with Crippen LogP contribution in [0.25, 0.3) is 11.2 Å². The molecule has 3 aliphatic rings. The first-order valence-corrected chi connectivity index (χ1v) is 12.2. The number of rotatable bonds is 5. The first-order chi connectivity index (χ1) is 16.0. The molecular weight excluding hydrogens is 436 g/mol. The highest BCUT2D eigenvalue weighted by Crippen LogP contribution is 2.40. The first-order valence-electron chi connectivity index (χ1n) is 12.2. The van der Waals surface area contributed by atoms with Gasteiger partial charge in [0.15, 0.2) is 5.56 Å². The van der Waals surface area contributed by atoms with Crippen LogP contribution in [-0.2, 0) is 16.0 Å². The van der Waals surface area contributed by atoms with Crippen LogP contribution in [0.15, 0.2) is 17.1 Å². The summed E-state index contributed by atoms with van der Waals surface area (Å²) >= 11 is 0. The van der Waals surface area contributed by atoms with Crippen molar-refractivity contribution in [2.75, 3.05) is 13.2 Å².